The van der Waals surface area contributed by atoms with Crippen LogP contribution in [0.1, 0.15) is 51.4 Å². The zero-order valence-electron chi connectivity index (χ0n) is 16.8. The van der Waals surface area contributed by atoms with E-state index < -0.39 is 16.6 Å². The van der Waals surface area contributed by atoms with Crippen LogP contribution in [0, 0.1) is 17.8 Å². The van der Waals surface area contributed by atoms with Gasteiger partial charge in [0, 0.05) is 5.92 Å². The van der Waals surface area contributed by atoms with Gasteiger partial charge in [0.2, 0.25) is 8.32 Å². The van der Waals surface area contributed by atoms with Gasteiger partial charge in [-0.2, -0.15) is 0 Å². The van der Waals surface area contributed by atoms with Crippen molar-refractivity contribution in [3.05, 3.63) is 11.8 Å². The van der Waals surface area contributed by atoms with Gasteiger partial charge < -0.3 is 8.85 Å². The van der Waals surface area contributed by atoms with Crippen molar-refractivity contribution in [1.29, 1.82) is 0 Å². The van der Waals surface area contributed by atoms with Crippen LogP contribution >= 0.6 is 0 Å². The molecule has 3 aliphatic carbocycles. The lowest BCUT2D eigenvalue weighted by Crippen LogP contribution is -2.59. The van der Waals surface area contributed by atoms with Gasteiger partial charge in [0.25, 0.3) is 0 Å². The molecule has 0 aromatic carbocycles. The summed E-state index contributed by atoms with van der Waals surface area (Å²) in [4.78, 5) is 0. The van der Waals surface area contributed by atoms with E-state index in [2.05, 4.69) is 45.4 Å². The lowest BCUT2D eigenvalue weighted by molar-refractivity contribution is -0.114. The molecular formula is C20H38O2Si2. The van der Waals surface area contributed by atoms with Crippen molar-refractivity contribution in [3.63, 3.8) is 0 Å². The summed E-state index contributed by atoms with van der Waals surface area (Å²) in [6.45, 7) is 14.1. The molecule has 4 atom stereocenters. The molecule has 138 valence electrons. The topological polar surface area (TPSA) is 18.5 Å². The largest absolute Gasteiger partial charge is 0.547 e. The highest BCUT2D eigenvalue weighted by atomic mass is 28.4. The summed E-state index contributed by atoms with van der Waals surface area (Å²) < 4.78 is 13.8. The maximum Gasteiger partial charge on any atom is 0.241 e. The number of hydrogen-bond acceptors (Lipinski definition) is 2. The average Bonchev–Trinajstić information content (AvgIpc) is 2.41. The van der Waals surface area contributed by atoms with Crippen LogP contribution < -0.4 is 0 Å². The summed E-state index contributed by atoms with van der Waals surface area (Å²) in [6.07, 6.45) is 13.2. The number of hydrogen-bond donors (Lipinski definition) is 0. The Bertz CT molecular complexity index is 489. The molecule has 0 saturated heterocycles. The van der Waals surface area contributed by atoms with E-state index in [0.717, 1.165) is 5.92 Å². The molecule has 24 heavy (non-hydrogen) atoms. The van der Waals surface area contributed by atoms with Crippen LogP contribution in [-0.4, -0.2) is 22.2 Å². The third kappa shape index (κ3) is 3.85. The molecule has 3 rings (SSSR count). The van der Waals surface area contributed by atoms with Crippen LogP contribution in [0.2, 0.25) is 39.3 Å². The van der Waals surface area contributed by atoms with Gasteiger partial charge >= 0.3 is 0 Å². The SMILES string of the molecule is C[Si](C)(C)OC1=CC[C@H]2CCCC[C@@H]3CCC[C@@]2(O[Si](C)(C)C)[C@H]13. The molecule has 3 aliphatic rings. The zero-order valence-corrected chi connectivity index (χ0v) is 18.8. The Labute approximate surface area is 151 Å². The summed E-state index contributed by atoms with van der Waals surface area (Å²) in [5.74, 6) is 3.35. The molecule has 2 saturated carbocycles. The molecule has 2 nitrogen and oxygen atoms in total. The number of rotatable bonds is 4. The minimum Gasteiger partial charge on any atom is -0.547 e. The van der Waals surface area contributed by atoms with Crippen LogP contribution in [-0.2, 0) is 8.85 Å². The summed E-state index contributed by atoms with van der Waals surface area (Å²) in [6, 6.07) is 0. The predicted molar refractivity (Wildman–Crippen MR) is 107 cm³/mol. The summed E-state index contributed by atoms with van der Waals surface area (Å²) in [5, 5.41) is 0. The summed E-state index contributed by atoms with van der Waals surface area (Å²) >= 11 is 0. The summed E-state index contributed by atoms with van der Waals surface area (Å²) in [5.41, 5.74) is 0.0809. The van der Waals surface area contributed by atoms with E-state index in [0.29, 0.717) is 11.8 Å². The third-order valence-electron chi connectivity index (χ3n) is 6.04. The van der Waals surface area contributed by atoms with Crippen molar-refractivity contribution < 1.29 is 8.85 Å². The lowest BCUT2D eigenvalue weighted by atomic mass is 9.57. The molecule has 0 spiro atoms. The standard InChI is InChI=1S/C20H38O2Si2/c1-23(2,3)21-18-14-13-17-12-8-7-10-16-11-9-15-20(17,19(16)18)22-24(4,5)6/h14,16-17,19H,7-13,15H2,1-6H3/t16-,17-,19+,20+/m1/s1. The fourth-order valence-corrected chi connectivity index (χ4v) is 8.03. The average molecular weight is 367 g/mol. The van der Waals surface area contributed by atoms with Gasteiger partial charge in [-0.05, 0) is 89.3 Å². The van der Waals surface area contributed by atoms with Crippen molar-refractivity contribution in [1.82, 2.24) is 0 Å². The van der Waals surface area contributed by atoms with Crippen molar-refractivity contribution in [3.8, 4) is 0 Å². The second kappa shape index (κ2) is 6.58. The van der Waals surface area contributed by atoms with E-state index in [1.165, 1.54) is 57.1 Å². The van der Waals surface area contributed by atoms with Gasteiger partial charge in [0.1, 0.15) is 0 Å². The smallest absolute Gasteiger partial charge is 0.241 e. The maximum atomic E-state index is 7.12. The highest BCUT2D eigenvalue weighted by molar-refractivity contribution is 6.70. The van der Waals surface area contributed by atoms with Crippen LogP contribution in [0.4, 0.5) is 0 Å². The molecule has 0 N–H and O–H groups in total. The fourth-order valence-electron chi connectivity index (χ4n) is 5.57. The second-order valence-corrected chi connectivity index (χ2v) is 19.2. The van der Waals surface area contributed by atoms with E-state index in [-0.39, 0.29) is 5.60 Å². The Balaban J connectivity index is 2.03. The molecule has 0 aromatic rings. The minimum absolute atomic E-state index is 0.0809. The molecule has 0 amide bonds. The first-order valence-electron chi connectivity index (χ1n) is 10.2. The molecule has 0 heterocycles. The quantitative estimate of drug-likeness (QED) is 0.542. The van der Waals surface area contributed by atoms with Gasteiger partial charge in [-0.15, -0.1) is 0 Å². The van der Waals surface area contributed by atoms with Gasteiger partial charge in [0.05, 0.1) is 11.4 Å². The Morgan fingerprint density at radius 1 is 0.917 bits per heavy atom. The third-order valence-corrected chi connectivity index (χ3v) is 7.88. The van der Waals surface area contributed by atoms with E-state index in [9.17, 15) is 0 Å². The van der Waals surface area contributed by atoms with Crippen molar-refractivity contribution in [2.75, 3.05) is 0 Å². The first-order valence-corrected chi connectivity index (χ1v) is 17.0. The first kappa shape index (κ1) is 18.7. The van der Waals surface area contributed by atoms with Crippen LogP contribution in [0.3, 0.4) is 0 Å². The van der Waals surface area contributed by atoms with Crippen molar-refractivity contribution in [2.24, 2.45) is 17.8 Å². The second-order valence-electron chi connectivity index (χ2n) is 10.3. The van der Waals surface area contributed by atoms with Crippen molar-refractivity contribution in [2.45, 2.75) is 96.2 Å². The normalized spacial score (nSPS) is 37.2. The highest BCUT2D eigenvalue weighted by Crippen LogP contribution is 2.57. The molecule has 4 bridgehead atoms. The Kier molecular flexibility index (Phi) is 5.14. The van der Waals surface area contributed by atoms with Gasteiger partial charge in [-0.25, -0.2) is 0 Å². The molecule has 2 fully saturated rings. The first-order chi connectivity index (χ1) is 11.1. The number of allylic oxidation sites excluding steroid dienone is 1. The van der Waals surface area contributed by atoms with E-state index in [4.69, 9.17) is 8.85 Å². The minimum atomic E-state index is -1.60. The van der Waals surface area contributed by atoms with Gasteiger partial charge in [-0.3, -0.25) is 0 Å². The molecule has 0 aliphatic heterocycles. The Morgan fingerprint density at radius 2 is 1.58 bits per heavy atom. The molecule has 4 heteroatoms. The maximum absolute atomic E-state index is 7.12. The molecule has 0 radical (unpaired) electrons. The highest BCUT2D eigenvalue weighted by Gasteiger charge is 2.56. The lowest BCUT2D eigenvalue weighted by Gasteiger charge is -2.58. The molecule has 0 unspecified atom stereocenters. The van der Waals surface area contributed by atoms with Crippen molar-refractivity contribution >= 4 is 16.6 Å². The molecule has 0 aromatic heterocycles. The fraction of sp³-hybridized carbons (Fsp3) is 0.900. The molecular weight excluding hydrogens is 328 g/mol. The van der Waals surface area contributed by atoms with Crippen LogP contribution in [0.25, 0.3) is 0 Å². The van der Waals surface area contributed by atoms with Gasteiger partial charge in [0.15, 0.2) is 8.32 Å². The van der Waals surface area contributed by atoms with Gasteiger partial charge in [-0.1, -0.05) is 19.3 Å². The Hall–Kier alpha value is -0.0662. The Morgan fingerprint density at radius 3 is 2.25 bits per heavy atom. The van der Waals surface area contributed by atoms with E-state index >= 15 is 0 Å². The zero-order chi connectivity index (χ0) is 17.6. The monoisotopic (exact) mass is 366 g/mol. The van der Waals surface area contributed by atoms with Crippen LogP contribution in [0.5, 0.6) is 0 Å². The van der Waals surface area contributed by atoms with E-state index in [1.54, 1.807) is 0 Å². The predicted octanol–water partition coefficient (Wildman–Crippen LogP) is 6.32. The summed E-state index contributed by atoms with van der Waals surface area (Å²) in [7, 11) is -3.18. The van der Waals surface area contributed by atoms with E-state index in [1.807, 2.05) is 0 Å². The van der Waals surface area contributed by atoms with Crippen LogP contribution in [0.15, 0.2) is 11.8 Å².